The van der Waals surface area contributed by atoms with Gasteiger partial charge in [0.1, 0.15) is 5.69 Å². The molecular weight excluding hydrogens is 497 g/mol. The van der Waals surface area contributed by atoms with Crippen LogP contribution >= 0.6 is 11.3 Å². The molecule has 3 heterocycles. The standard InChI is InChI=1S/C19H17F3N6O4S2/c20-19(21,22)10-32-16-9-23-7-14(27-16)15-8-26-18(33-15)17(29)25-6-12-5-11(3-4-24-12)28-34(30,31)13-1-2-13/h3-5,7-9,13H,1-2,6,10H2,(H,24,28)(H,25,29). The molecular formula is C19H17F3N6O4S2. The second-order valence-corrected chi connectivity index (χ2v) is 10.2. The number of thiazole rings is 1. The Balaban J connectivity index is 1.36. The Morgan fingerprint density at radius 3 is 2.74 bits per heavy atom. The van der Waals surface area contributed by atoms with E-state index in [1.165, 1.54) is 30.7 Å². The molecule has 3 aromatic rings. The van der Waals surface area contributed by atoms with Crippen LogP contribution in [0.3, 0.4) is 0 Å². The van der Waals surface area contributed by atoms with Crippen LogP contribution in [0.2, 0.25) is 0 Å². The van der Waals surface area contributed by atoms with Crippen molar-refractivity contribution in [2.24, 2.45) is 0 Å². The normalized spacial score (nSPS) is 14.0. The first kappa shape index (κ1) is 23.8. The van der Waals surface area contributed by atoms with E-state index in [0.717, 1.165) is 17.5 Å². The van der Waals surface area contributed by atoms with Crippen molar-refractivity contribution in [3.63, 3.8) is 0 Å². The third-order valence-electron chi connectivity index (χ3n) is 4.42. The van der Waals surface area contributed by atoms with Gasteiger partial charge in [-0.2, -0.15) is 13.2 Å². The van der Waals surface area contributed by atoms with Crippen molar-refractivity contribution >= 4 is 33.0 Å². The summed E-state index contributed by atoms with van der Waals surface area (Å²) < 4.78 is 68.2. The lowest BCUT2D eigenvalue weighted by atomic mass is 10.3. The second-order valence-electron chi connectivity index (χ2n) is 7.24. The number of pyridine rings is 1. The number of nitrogens with zero attached hydrogens (tertiary/aromatic N) is 4. The summed E-state index contributed by atoms with van der Waals surface area (Å²) in [6, 6.07) is 3.04. The lowest BCUT2D eigenvalue weighted by Gasteiger charge is -2.08. The van der Waals surface area contributed by atoms with Gasteiger partial charge in [0.15, 0.2) is 11.6 Å². The van der Waals surface area contributed by atoms with Gasteiger partial charge < -0.3 is 10.1 Å². The lowest BCUT2D eigenvalue weighted by molar-refractivity contribution is -0.154. The summed E-state index contributed by atoms with van der Waals surface area (Å²) in [4.78, 5) is 28.8. The van der Waals surface area contributed by atoms with Gasteiger partial charge in [-0.3, -0.25) is 19.5 Å². The molecule has 0 spiro atoms. The molecule has 0 aromatic carbocycles. The third-order valence-corrected chi connectivity index (χ3v) is 7.31. The number of nitrogens with one attached hydrogen (secondary N) is 2. The molecule has 1 fully saturated rings. The molecule has 3 aromatic heterocycles. The highest BCUT2D eigenvalue weighted by atomic mass is 32.2. The van der Waals surface area contributed by atoms with E-state index in [1.807, 2.05) is 0 Å². The fourth-order valence-electron chi connectivity index (χ4n) is 2.70. The van der Waals surface area contributed by atoms with E-state index in [-0.39, 0.29) is 28.4 Å². The molecule has 0 atom stereocenters. The topological polar surface area (TPSA) is 136 Å². The molecule has 1 saturated carbocycles. The highest BCUT2D eigenvalue weighted by Crippen LogP contribution is 2.30. The summed E-state index contributed by atoms with van der Waals surface area (Å²) >= 11 is 0.967. The van der Waals surface area contributed by atoms with Gasteiger partial charge in [0.25, 0.3) is 5.91 Å². The summed E-state index contributed by atoms with van der Waals surface area (Å²) in [5.74, 6) is -0.822. The molecule has 0 bridgehead atoms. The second kappa shape index (κ2) is 9.50. The predicted molar refractivity (Wildman–Crippen MR) is 116 cm³/mol. The molecule has 4 rings (SSSR count). The Bertz CT molecular complexity index is 1290. The monoisotopic (exact) mass is 514 g/mol. The smallest absolute Gasteiger partial charge is 0.422 e. The number of hydrogen-bond donors (Lipinski definition) is 2. The molecule has 34 heavy (non-hydrogen) atoms. The summed E-state index contributed by atoms with van der Waals surface area (Å²) in [6.07, 6.45) is 1.90. The Hall–Kier alpha value is -3.33. The number of alkyl halides is 3. The number of halogens is 3. The van der Waals surface area contributed by atoms with Gasteiger partial charge in [-0.15, -0.1) is 11.3 Å². The number of carbonyl (C=O) groups is 1. The van der Waals surface area contributed by atoms with Crippen molar-refractivity contribution in [1.82, 2.24) is 25.3 Å². The molecule has 0 radical (unpaired) electrons. The number of ether oxygens (including phenoxy) is 1. The van der Waals surface area contributed by atoms with Crippen LogP contribution in [0.1, 0.15) is 28.3 Å². The number of amides is 1. The van der Waals surface area contributed by atoms with E-state index in [9.17, 15) is 26.4 Å². The largest absolute Gasteiger partial charge is 0.467 e. The van der Waals surface area contributed by atoms with Crippen LogP contribution in [0.5, 0.6) is 5.88 Å². The summed E-state index contributed by atoms with van der Waals surface area (Å²) in [7, 11) is -3.42. The van der Waals surface area contributed by atoms with Crippen molar-refractivity contribution in [2.75, 3.05) is 11.3 Å². The van der Waals surface area contributed by atoms with Crippen LogP contribution in [0, 0.1) is 0 Å². The zero-order chi connectivity index (χ0) is 24.3. The van der Waals surface area contributed by atoms with Gasteiger partial charge in [0, 0.05) is 12.4 Å². The van der Waals surface area contributed by atoms with Crippen LogP contribution in [0.25, 0.3) is 10.6 Å². The summed E-state index contributed by atoms with van der Waals surface area (Å²) in [6.45, 7) is -1.48. The average Bonchev–Trinajstić information content (AvgIpc) is 3.54. The summed E-state index contributed by atoms with van der Waals surface area (Å²) in [5.41, 5.74) is 0.990. The van der Waals surface area contributed by atoms with E-state index < -0.39 is 28.7 Å². The average molecular weight is 515 g/mol. The zero-order valence-electron chi connectivity index (χ0n) is 17.2. The molecule has 1 aliphatic rings. The maximum atomic E-state index is 12.5. The molecule has 10 nitrogen and oxygen atoms in total. The Morgan fingerprint density at radius 1 is 1.21 bits per heavy atom. The van der Waals surface area contributed by atoms with Crippen LogP contribution in [0.15, 0.2) is 36.9 Å². The Labute approximate surface area is 195 Å². The number of anilines is 1. The van der Waals surface area contributed by atoms with E-state index >= 15 is 0 Å². The molecule has 15 heteroatoms. The minimum Gasteiger partial charge on any atom is -0.467 e. The number of aromatic nitrogens is 4. The fourth-order valence-corrected chi connectivity index (χ4v) is 4.87. The molecule has 0 saturated heterocycles. The quantitative estimate of drug-likeness (QED) is 0.445. The maximum Gasteiger partial charge on any atom is 0.422 e. The highest BCUT2D eigenvalue weighted by molar-refractivity contribution is 7.93. The lowest BCUT2D eigenvalue weighted by Crippen LogP contribution is -2.23. The molecule has 1 amide bonds. The first-order valence-corrected chi connectivity index (χ1v) is 12.2. The van der Waals surface area contributed by atoms with Crippen LogP contribution in [-0.4, -0.2) is 52.3 Å². The molecule has 0 unspecified atom stereocenters. The Kier molecular flexibility index (Phi) is 6.65. The van der Waals surface area contributed by atoms with Gasteiger partial charge in [-0.25, -0.2) is 18.4 Å². The SMILES string of the molecule is O=C(NCc1cc(NS(=O)(=O)C2CC2)ccn1)c1ncc(-c2cncc(OCC(F)(F)F)n2)s1. The predicted octanol–water partition coefficient (Wildman–Crippen LogP) is 2.77. The first-order valence-electron chi connectivity index (χ1n) is 9.82. The molecule has 1 aliphatic carbocycles. The van der Waals surface area contributed by atoms with Crippen molar-refractivity contribution in [3.05, 3.63) is 47.6 Å². The molecule has 2 N–H and O–H groups in total. The van der Waals surface area contributed by atoms with Crippen LogP contribution < -0.4 is 14.8 Å². The van der Waals surface area contributed by atoms with E-state index in [1.54, 1.807) is 0 Å². The van der Waals surface area contributed by atoms with Crippen molar-refractivity contribution in [2.45, 2.75) is 30.8 Å². The van der Waals surface area contributed by atoms with Gasteiger partial charge in [-0.1, -0.05) is 0 Å². The minimum atomic E-state index is -4.51. The Morgan fingerprint density at radius 2 is 2.00 bits per heavy atom. The number of sulfonamides is 1. The van der Waals surface area contributed by atoms with Gasteiger partial charge >= 0.3 is 6.18 Å². The van der Waals surface area contributed by atoms with Crippen molar-refractivity contribution in [1.29, 1.82) is 0 Å². The van der Waals surface area contributed by atoms with Crippen molar-refractivity contribution in [3.8, 4) is 16.5 Å². The number of rotatable bonds is 9. The molecule has 180 valence electrons. The number of carbonyl (C=O) groups excluding carboxylic acids is 1. The van der Waals surface area contributed by atoms with Gasteiger partial charge in [-0.05, 0) is 25.0 Å². The first-order chi connectivity index (χ1) is 16.1. The van der Waals surface area contributed by atoms with Crippen LogP contribution in [0.4, 0.5) is 18.9 Å². The van der Waals surface area contributed by atoms with E-state index in [0.29, 0.717) is 29.1 Å². The van der Waals surface area contributed by atoms with E-state index in [2.05, 4.69) is 34.7 Å². The fraction of sp³-hybridized carbons (Fsp3) is 0.316. The van der Waals surface area contributed by atoms with Gasteiger partial charge in [0.2, 0.25) is 15.9 Å². The highest BCUT2D eigenvalue weighted by Gasteiger charge is 2.35. The maximum absolute atomic E-state index is 12.5. The third kappa shape index (κ3) is 6.38. The van der Waals surface area contributed by atoms with Crippen LogP contribution in [-0.2, 0) is 16.6 Å². The zero-order valence-corrected chi connectivity index (χ0v) is 18.9. The van der Waals surface area contributed by atoms with E-state index in [4.69, 9.17) is 0 Å². The number of hydrogen-bond acceptors (Lipinski definition) is 9. The minimum absolute atomic E-state index is 0.0211. The molecule has 0 aliphatic heterocycles. The van der Waals surface area contributed by atoms with Crippen molar-refractivity contribution < 1.29 is 31.1 Å². The van der Waals surface area contributed by atoms with Gasteiger partial charge in [0.05, 0.1) is 40.4 Å². The summed E-state index contributed by atoms with van der Waals surface area (Å²) in [5, 5.41) is 2.35.